The molecular weight excluding hydrogens is 305 g/mol. The molecule has 1 atom stereocenters. The quantitative estimate of drug-likeness (QED) is 0.758. The van der Waals surface area contributed by atoms with Crippen LogP contribution >= 0.6 is 0 Å². The Kier molecular flexibility index (Phi) is 6.03. The maximum absolute atomic E-state index is 12.4. The van der Waals surface area contributed by atoms with Crippen molar-refractivity contribution in [1.29, 1.82) is 0 Å². The zero-order valence-electron chi connectivity index (χ0n) is 11.9. The van der Waals surface area contributed by atoms with Crippen molar-refractivity contribution >= 4 is 15.7 Å². The summed E-state index contributed by atoms with van der Waals surface area (Å²) in [5.74, 6) is 0. The van der Waals surface area contributed by atoms with Crippen LogP contribution in [-0.2, 0) is 16.2 Å². The van der Waals surface area contributed by atoms with Gasteiger partial charge in [-0.1, -0.05) is 6.92 Å². The Morgan fingerprint density at radius 1 is 1.19 bits per heavy atom. The molecule has 0 saturated heterocycles. The average Bonchev–Trinajstić information content (AvgIpc) is 2.38. The van der Waals surface area contributed by atoms with Gasteiger partial charge in [0, 0.05) is 12.2 Å². The molecule has 8 heteroatoms. The first-order chi connectivity index (χ1) is 9.66. The van der Waals surface area contributed by atoms with Gasteiger partial charge < -0.3 is 5.32 Å². The Labute approximate surface area is 122 Å². The van der Waals surface area contributed by atoms with Gasteiger partial charge in [-0.3, -0.25) is 4.72 Å². The Morgan fingerprint density at radius 2 is 1.76 bits per heavy atom. The van der Waals surface area contributed by atoms with Crippen molar-refractivity contribution in [3.05, 3.63) is 29.8 Å². The lowest BCUT2D eigenvalue weighted by molar-refractivity contribution is -0.137. The minimum absolute atomic E-state index is 0.116. The fraction of sp³-hybridized carbons (Fsp3) is 0.538. The van der Waals surface area contributed by atoms with Crippen LogP contribution in [0.4, 0.5) is 18.9 Å². The summed E-state index contributed by atoms with van der Waals surface area (Å²) in [7, 11) is -3.64. The lowest BCUT2D eigenvalue weighted by atomic mass is 10.2. The third kappa shape index (κ3) is 5.55. The number of benzene rings is 1. The van der Waals surface area contributed by atoms with E-state index in [0.717, 1.165) is 30.7 Å². The average molecular weight is 324 g/mol. The molecule has 0 aliphatic carbocycles. The van der Waals surface area contributed by atoms with Gasteiger partial charge in [-0.25, -0.2) is 8.42 Å². The summed E-state index contributed by atoms with van der Waals surface area (Å²) < 4.78 is 63.5. The fourth-order valence-electron chi connectivity index (χ4n) is 1.58. The second kappa shape index (κ2) is 7.13. The molecule has 120 valence electrons. The topological polar surface area (TPSA) is 58.2 Å². The minimum atomic E-state index is -4.44. The van der Waals surface area contributed by atoms with Crippen LogP contribution in [0.15, 0.2) is 24.3 Å². The number of hydrogen-bond acceptors (Lipinski definition) is 3. The van der Waals surface area contributed by atoms with Crippen molar-refractivity contribution < 1.29 is 21.6 Å². The fourth-order valence-corrected chi connectivity index (χ4v) is 2.59. The molecular formula is C13H19F3N2O2S. The van der Waals surface area contributed by atoms with Crippen molar-refractivity contribution in [2.24, 2.45) is 0 Å². The lowest BCUT2D eigenvalue weighted by Crippen LogP contribution is -2.35. The van der Waals surface area contributed by atoms with Crippen LogP contribution in [0.25, 0.3) is 0 Å². The maximum Gasteiger partial charge on any atom is 0.416 e. The van der Waals surface area contributed by atoms with Gasteiger partial charge in [0.15, 0.2) is 0 Å². The number of hydrogen-bond donors (Lipinski definition) is 2. The highest BCUT2D eigenvalue weighted by atomic mass is 32.2. The van der Waals surface area contributed by atoms with Gasteiger partial charge in [0.1, 0.15) is 0 Å². The first-order valence-electron chi connectivity index (χ1n) is 6.56. The van der Waals surface area contributed by atoms with Gasteiger partial charge >= 0.3 is 6.18 Å². The molecule has 0 heterocycles. The summed E-state index contributed by atoms with van der Waals surface area (Å²) in [6.45, 7) is 4.49. The van der Waals surface area contributed by atoms with Gasteiger partial charge in [0.2, 0.25) is 10.0 Å². The summed E-state index contributed by atoms with van der Waals surface area (Å²) in [6.07, 6.45) is -3.55. The first-order valence-corrected chi connectivity index (χ1v) is 8.11. The van der Waals surface area contributed by atoms with Crippen molar-refractivity contribution in [1.82, 2.24) is 5.32 Å². The van der Waals surface area contributed by atoms with E-state index in [9.17, 15) is 21.6 Å². The van der Waals surface area contributed by atoms with Gasteiger partial charge in [-0.15, -0.1) is 0 Å². The predicted molar refractivity (Wildman–Crippen MR) is 76.6 cm³/mol. The van der Waals surface area contributed by atoms with Gasteiger partial charge in [-0.05, 0) is 44.2 Å². The number of anilines is 1. The van der Waals surface area contributed by atoms with Crippen LogP contribution < -0.4 is 10.0 Å². The molecule has 0 saturated carbocycles. The standard InChI is InChI=1S/C13H19F3N2O2S/c1-3-8-17-9-10(2)21(19,20)18-12-6-4-11(5-7-12)13(14,15)16/h4-7,10,17-18H,3,8-9H2,1-2H3. The highest BCUT2D eigenvalue weighted by Gasteiger charge is 2.30. The van der Waals surface area contributed by atoms with Crippen molar-refractivity contribution in [2.75, 3.05) is 17.8 Å². The van der Waals surface area contributed by atoms with E-state index in [1.165, 1.54) is 6.92 Å². The summed E-state index contributed by atoms with van der Waals surface area (Å²) in [5, 5.41) is 2.30. The molecule has 0 bridgehead atoms. The number of alkyl halides is 3. The number of rotatable bonds is 7. The van der Waals surface area contributed by atoms with E-state index in [1.807, 2.05) is 6.92 Å². The highest BCUT2D eigenvalue weighted by molar-refractivity contribution is 7.93. The van der Waals surface area contributed by atoms with Crippen LogP contribution in [0.3, 0.4) is 0 Å². The van der Waals surface area contributed by atoms with Crippen LogP contribution in [0.2, 0.25) is 0 Å². The van der Waals surface area contributed by atoms with Gasteiger partial charge in [-0.2, -0.15) is 13.2 Å². The zero-order valence-corrected chi connectivity index (χ0v) is 12.7. The summed E-state index contributed by atoms with van der Waals surface area (Å²) in [4.78, 5) is 0. The monoisotopic (exact) mass is 324 g/mol. The number of sulfonamides is 1. The Morgan fingerprint density at radius 3 is 2.24 bits per heavy atom. The minimum Gasteiger partial charge on any atom is -0.315 e. The number of halogens is 3. The van der Waals surface area contributed by atoms with E-state index >= 15 is 0 Å². The molecule has 21 heavy (non-hydrogen) atoms. The van der Waals surface area contributed by atoms with Crippen molar-refractivity contribution in [2.45, 2.75) is 31.7 Å². The second-order valence-electron chi connectivity index (χ2n) is 4.74. The molecule has 1 unspecified atom stereocenters. The number of nitrogens with one attached hydrogen (secondary N) is 2. The molecule has 0 aliphatic rings. The molecule has 0 spiro atoms. The van der Waals surface area contributed by atoms with E-state index in [-0.39, 0.29) is 12.2 Å². The highest BCUT2D eigenvalue weighted by Crippen LogP contribution is 2.30. The molecule has 0 radical (unpaired) electrons. The lowest BCUT2D eigenvalue weighted by Gasteiger charge is -2.16. The van der Waals surface area contributed by atoms with Gasteiger partial charge in [0.25, 0.3) is 0 Å². The van der Waals surface area contributed by atoms with E-state index < -0.39 is 27.0 Å². The molecule has 1 rings (SSSR count). The van der Waals surface area contributed by atoms with E-state index in [4.69, 9.17) is 0 Å². The van der Waals surface area contributed by atoms with Crippen LogP contribution in [-0.4, -0.2) is 26.8 Å². The van der Waals surface area contributed by atoms with Crippen LogP contribution in [0, 0.1) is 0 Å². The van der Waals surface area contributed by atoms with Crippen molar-refractivity contribution in [3.63, 3.8) is 0 Å². The van der Waals surface area contributed by atoms with Crippen LogP contribution in [0.1, 0.15) is 25.8 Å². The molecule has 4 nitrogen and oxygen atoms in total. The van der Waals surface area contributed by atoms with E-state index in [0.29, 0.717) is 6.54 Å². The molecule has 0 aliphatic heterocycles. The molecule has 0 amide bonds. The molecule has 1 aromatic carbocycles. The second-order valence-corrected chi connectivity index (χ2v) is 6.84. The van der Waals surface area contributed by atoms with E-state index in [1.54, 1.807) is 0 Å². The first kappa shape index (κ1) is 17.8. The molecule has 0 fully saturated rings. The Hall–Kier alpha value is -1.28. The van der Waals surface area contributed by atoms with E-state index in [2.05, 4.69) is 10.0 Å². The molecule has 0 aromatic heterocycles. The summed E-state index contributed by atoms with van der Waals surface area (Å²) in [6, 6.07) is 3.90. The Balaban J connectivity index is 2.71. The smallest absolute Gasteiger partial charge is 0.315 e. The summed E-state index contributed by atoms with van der Waals surface area (Å²) >= 11 is 0. The van der Waals surface area contributed by atoms with Crippen LogP contribution in [0.5, 0.6) is 0 Å². The normalized spacial score (nSPS) is 14.0. The third-order valence-electron chi connectivity index (χ3n) is 2.86. The third-order valence-corrected chi connectivity index (χ3v) is 4.61. The molecule has 1 aromatic rings. The van der Waals surface area contributed by atoms with Gasteiger partial charge in [0.05, 0.1) is 10.8 Å². The Bertz CT molecular complexity index is 542. The zero-order chi connectivity index (χ0) is 16.1. The predicted octanol–water partition coefficient (Wildman–Crippen LogP) is 2.84. The SMILES string of the molecule is CCCNCC(C)S(=O)(=O)Nc1ccc(C(F)(F)F)cc1. The maximum atomic E-state index is 12.4. The largest absolute Gasteiger partial charge is 0.416 e. The van der Waals surface area contributed by atoms with Crippen molar-refractivity contribution in [3.8, 4) is 0 Å². The molecule has 2 N–H and O–H groups in total. The summed E-state index contributed by atoms with van der Waals surface area (Å²) in [5.41, 5.74) is -0.701.